The van der Waals surface area contributed by atoms with Crippen molar-refractivity contribution in [2.45, 2.75) is 317 Å². The second-order valence-electron chi connectivity index (χ2n) is 20.5. The Labute approximate surface area is 393 Å². The van der Waals surface area contributed by atoms with E-state index < -0.39 is 6.10 Å². The quantitative estimate of drug-likeness (QED) is 0.0344. The first-order valence-electron chi connectivity index (χ1n) is 28.2. The number of unbranched alkanes of at least 4 members (excludes halogenated alkanes) is 31. The van der Waals surface area contributed by atoms with Gasteiger partial charge in [-0.05, 0) is 37.0 Å². The van der Waals surface area contributed by atoms with Gasteiger partial charge in [0.25, 0.3) is 0 Å². The highest BCUT2D eigenvalue weighted by Crippen LogP contribution is 2.19. The highest BCUT2D eigenvalue weighted by molar-refractivity contribution is 5.71. The average molecular weight is 892 g/mol. The van der Waals surface area contributed by atoms with E-state index in [0.717, 1.165) is 75.5 Å². The normalized spacial score (nSPS) is 13.0. The second-order valence-corrected chi connectivity index (χ2v) is 20.5. The van der Waals surface area contributed by atoms with Crippen molar-refractivity contribution < 1.29 is 28.6 Å². The molecule has 2 unspecified atom stereocenters. The fourth-order valence-corrected chi connectivity index (χ4v) is 8.58. The summed E-state index contributed by atoms with van der Waals surface area (Å²) in [6.07, 6.45) is 49.6. The van der Waals surface area contributed by atoms with E-state index in [1.807, 2.05) is 0 Å². The van der Waals surface area contributed by atoms with Crippen LogP contribution in [0, 0.1) is 17.8 Å². The van der Waals surface area contributed by atoms with Crippen LogP contribution in [0.4, 0.5) is 0 Å². The van der Waals surface area contributed by atoms with Crippen molar-refractivity contribution in [2.24, 2.45) is 17.8 Å². The van der Waals surface area contributed by atoms with Gasteiger partial charge in [-0.15, -0.1) is 0 Å². The van der Waals surface area contributed by atoms with E-state index >= 15 is 0 Å². The predicted octanol–water partition coefficient (Wildman–Crippen LogP) is 18.3. The molecule has 0 saturated heterocycles. The molecule has 0 aromatic carbocycles. The van der Waals surface area contributed by atoms with Crippen LogP contribution in [0.2, 0.25) is 0 Å². The Balaban J connectivity index is 4.20. The van der Waals surface area contributed by atoms with Gasteiger partial charge in [0.05, 0.1) is 0 Å². The van der Waals surface area contributed by atoms with E-state index in [1.165, 1.54) is 193 Å². The standard InChI is InChI=1S/C57H110O6/c1-7-52(5)44-38-32-25-21-17-15-13-11-9-10-12-14-16-18-24-28-36-42-48-57(60)63-54(50-62-56(59)47-41-35-30-29-31-37-43-51(3)4)49-61-55(58)46-40-34-27-23-20-19-22-26-33-39-45-53(6)8-2/h51-54H,7-50H2,1-6H3/t52?,53?,54-/m1/s1. The Morgan fingerprint density at radius 2 is 0.556 bits per heavy atom. The van der Waals surface area contributed by atoms with Crippen LogP contribution in [-0.2, 0) is 28.6 Å². The lowest BCUT2D eigenvalue weighted by Crippen LogP contribution is -2.30. The lowest BCUT2D eigenvalue weighted by Gasteiger charge is -2.18. The van der Waals surface area contributed by atoms with E-state index in [2.05, 4.69) is 41.5 Å². The topological polar surface area (TPSA) is 78.9 Å². The minimum absolute atomic E-state index is 0.0651. The molecule has 0 aliphatic carbocycles. The molecular weight excluding hydrogens is 781 g/mol. The van der Waals surface area contributed by atoms with Gasteiger partial charge in [-0.1, -0.05) is 273 Å². The van der Waals surface area contributed by atoms with Crippen molar-refractivity contribution in [1.82, 2.24) is 0 Å². The second kappa shape index (κ2) is 48.3. The first-order chi connectivity index (χ1) is 30.7. The fraction of sp³-hybridized carbons (Fsp3) is 0.947. The number of hydrogen-bond acceptors (Lipinski definition) is 6. The van der Waals surface area contributed by atoms with Gasteiger partial charge < -0.3 is 14.2 Å². The molecule has 0 aliphatic rings. The number of carbonyl (C=O) groups is 3. The molecule has 3 atom stereocenters. The SMILES string of the molecule is CCC(C)CCCCCCCCCCCCCCCCCCCCC(=O)O[C@H](COC(=O)CCCCCCCCCCCCC(C)CC)COC(=O)CCCCCCCCC(C)C. The summed E-state index contributed by atoms with van der Waals surface area (Å²) in [6.45, 7) is 13.7. The molecule has 0 fully saturated rings. The third kappa shape index (κ3) is 48.2. The zero-order valence-electron chi connectivity index (χ0n) is 43.4. The molecule has 6 heteroatoms. The van der Waals surface area contributed by atoms with Gasteiger partial charge >= 0.3 is 17.9 Å². The van der Waals surface area contributed by atoms with Crippen LogP contribution in [0.5, 0.6) is 0 Å². The number of esters is 3. The van der Waals surface area contributed by atoms with E-state index in [-0.39, 0.29) is 31.1 Å². The molecule has 0 aromatic rings. The first-order valence-corrected chi connectivity index (χ1v) is 28.2. The zero-order chi connectivity index (χ0) is 46.3. The maximum atomic E-state index is 12.8. The Kier molecular flexibility index (Phi) is 47.1. The van der Waals surface area contributed by atoms with Crippen molar-refractivity contribution in [2.75, 3.05) is 13.2 Å². The van der Waals surface area contributed by atoms with Crippen LogP contribution in [0.15, 0.2) is 0 Å². The molecule has 0 heterocycles. The van der Waals surface area contributed by atoms with Crippen LogP contribution in [0.3, 0.4) is 0 Å². The van der Waals surface area contributed by atoms with E-state index in [0.29, 0.717) is 19.3 Å². The van der Waals surface area contributed by atoms with Crippen molar-refractivity contribution in [3.05, 3.63) is 0 Å². The maximum absolute atomic E-state index is 12.8. The Morgan fingerprint density at radius 3 is 0.825 bits per heavy atom. The minimum Gasteiger partial charge on any atom is -0.462 e. The van der Waals surface area contributed by atoms with Crippen LogP contribution < -0.4 is 0 Å². The van der Waals surface area contributed by atoms with Crippen LogP contribution in [0.1, 0.15) is 311 Å². The Morgan fingerprint density at radius 1 is 0.317 bits per heavy atom. The summed E-state index contributed by atoms with van der Waals surface area (Å²) in [4.78, 5) is 38.0. The molecule has 0 N–H and O–H groups in total. The lowest BCUT2D eigenvalue weighted by molar-refractivity contribution is -0.167. The van der Waals surface area contributed by atoms with Crippen molar-refractivity contribution in [1.29, 1.82) is 0 Å². The van der Waals surface area contributed by atoms with Gasteiger partial charge in [0, 0.05) is 19.3 Å². The van der Waals surface area contributed by atoms with Crippen LogP contribution >= 0.6 is 0 Å². The molecule has 0 rings (SSSR count). The molecule has 0 bridgehead atoms. The van der Waals surface area contributed by atoms with Gasteiger partial charge in [0.15, 0.2) is 6.10 Å². The number of carbonyl (C=O) groups excluding carboxylic acids is 3. The summed E-state index contributed by atoms with van der Waals surface area (Å²) in [5.74, 6) is 1.69. The van der Waals surface area contributed by atoms with Gasteiger partial charge in [-0.2, -0.15) is 0 Å². The Hall–Kier alpha value is -1.59. The van der Waals surface area contributed by atoms with E-state index in [9.17, 15) is 14.4 Å². The molecule has 0 aliphatic heterocycles. The Bertz CT molecular complexity index is 980. The molecular formula is C57H110O6. The zero-order valence-corrected chi connectivity index (χ0v) is 43.4. The fourth-order valence-electron chi connectivity index (χ4n) is 8.58. The summed E-state index contributed by atoms with van der Waals surface area (Å²) >= 11 is 0. The molecule has 0 aromatic heterocycles. The van der Waals surface area contributed by atoms with Crippen molar-refractivity contribution >= 4 is 17.9 Å². The number of ether oxygens (including phenoxy) is 3. The highest BCUT2D eigenvalue weighted by Gasteiger charge is 2.19. The van der Waals surface area contributed by atoms with Gasteiger partial charge in [-0.3, -0.25) is 14.4 Å². The third-order valence-corrected chi connectivity index (χ3v) is 13.6. The summed E-state index contributed by atoms with van der Waals surface area (Å²) in [7, 11) is 0. The average Bonchev–Trinajstić information content (AvgIpc) is 3.27. The smallest absolute Gasteiger partial charge is 0.306 e. The lowest BCUT2D eigenvalue weighted by atomic mass is 9.99. The highest BCUT2D eigenvalue weighted by atomic mass is 16.6. The van der Waals surface area contributed by atoms with Crippen molar-refractivity contribution in [3.8, 4) is 0 Å². The molecule has 0 radical (unpaired) electrons. The van der Waals surface area contributed by atoms with Gasteiger partial charge in [0.2, 0.25) is 0 Å². The minimum atomic E-state index is -0.763. The van der Waals surface area contributed by atoms with Crippen LogP contribution in [0.25, 0.3) is 0 Å². The molecule has 6 nitrogen and oxygen atoms in total. The monoisotopic (exact) mass is 891 g/mol. The molecule has 374 valence electrons. The summed E-state index contributed by atoms with van der Waals surface area (Å²) in [5.41, 5.74) is 0. The maximum Gasteiger partial charge on any atom is 0.306 e. The summed E-state index contributed by atoms with van der Waals surface area (Å²) in [5, 5.41) is 0. The van der Waals surface area contributed by atoms with Crippen LogP contribution in [-0.4, -0.2) is 37.2 Å². The molecule has 0 saturated carbocycles. The number of rotatable bonds is 50. The van der Waals surface area contributed by atoms with E-state index in [1.54, 1.807) is 0 Å². The first kappa shape index (κ1) is 61.4. The molecule has 0 spiro atoms. The van der Waals surface area contributed by atoms with Gasteiger partial charge in [0.1, 0.15) is 13.2 Å². The molecule has 0 amide bonds. The predicted molar refractivity (Wildman–Crippen MR) is 270 cm³/mol. The van der Waals surface area contributed by atoms with E-state index in [4.69, 9.17) is 14.2 Å². The summed E-state index contributed by atoms with van der Waals surface area (Å²) in [6, 6.07) is 0. The van der Waals surface area contributed by atoms with Gasteiger partial charge in [-0.25, -0.2) is 0 Å². The summed E-state index contributed by atoms with van der Waals surface area (Å²) < 4.78 is 16.8. The largest absolute Gasteiger partial charge is 0.462 e. The van der Waals surface area contributed by atoms with Crippen molar-refractivity contribution in [3.63, 3.8) is 0 Å². The molecule has 63 heavy (non-hydrogen) atoms. The number of hydrogen-bond donors (Lipinski definition) is 0. The third-order valence-electron chi connectivity index (χ3n) is 13.6.